The molecule has 0 saturated heterocycles. The van der Waals surface area contributed by atoms with E-state index in [2.05, 4.69) is 5.32 Å². The van der Waals surface area contributed by atoms with Gasteiger partial charge in [-0.2, -0.15) is 13.2 Å². The van der Waals surface area contributed by atoms with Crippen molar-refractivity contribution in [2.75, 3.05) is 7.11 Å². The van der Waals surface area contributed by atoms with E-state index in [-0.39, 0.29) is 18.4 Å². The lowest BCUT2D eigenvalue weighted by Gasteiger charge is -2.13. The van der Waals surface area contributed by atoms with Crippen molar-refractivity contribution in [3.05, 3.63) is 65.2 Å². The Morgan fingerprint density at radius 1 is 1.08 bits per heavy atom. The molecule has 0 aliphatic rings. The van der Waals surface area contributed by atoms with E-state index in [1.54, 1.807) is 38.3 Å². The third-order valence-electron chi connectivity index (χ3n) is 3.76. The Balaban J connectivity index is 1.94. The molecule has 0 aliphatic carbocycles. The lowest BCUT2D eigenvalue weighted by Crippen LogP contribution is -2.27. The van der Waals surface area contributed by atoms with Gasteiger partial charge in [0, 0.05) is 6.54 Å². The highest BCUT2D eigenvalue weighted by atomic mass is 19.4. The molecule has 128 valence electrons. The van der Waals surface area contributed by atoms with Crippen LogP contribution in [0.4, 0.5) is 13.2 Å². The summed E-state index contributed by atoms with van der Waals surface area (Å²) < 4.78 is 42.6. The Morgan fingerprint density at radius 3 is 2.17 bits per heavy atom. The van der Waals surface area contributed by atoms with E-state index in [9.17, 15) is 18.0 Å². The molecule has 0 radical (unpaired) electrons. The van der Waals surface area contributed by atoms with Crippen molar-refractivity contribution in [2.45, 2.75) is 25.6 Å². The third kappa shape index (κ3) is 4.50. The number of rotatable bonds is 5. The molecule has 2 rings (SSSR count). The van der Waals surface area contributed by atoms with Crippen LogP contribution in [0.2, 0.25) is 0 Å². The maximum absolute atomic E-state index is 12.5. The van der Waals surface area contributed by atoms with E-state index in [4.69, 9.17) is 4.74 Å². The number of methoxy groups -OCH3 is 1. The van der Waals surface area contributed by atoms with Crippen LogP contribution < -0.4 is 10.1 Å². The Morgan fingerprint density at radius 2 is 1.67 bits per heavy atom. The first kappa shape index (κ1) is 17.8. The molecular formula is C18H18F3NO2. The van der Waals surface area contributed by atoms with E-state index in [0.29, 0.717) is 11.3 Å². The summed E-state index contributed by atoms with van der Waals surface area (Å²) in [6.45, 7) is 1.95. The highest BCUT2D eigenvalue weighted by Gasteiger charge is 2.29. The van der Waals surface area contributed by atoms with Gasteiger partial charge in [0.1, 0.15) is 5.75 Å². The molecule has 24 heavy (non-hydrogen) atoms. The van der Waals surface area contributed by atoms with Crippen LogP contribution in [0.25, 0.3) is 0 Å². The van der Waals surface area contributed by atoms with Crippen molar-refractivity contribution in [3.8, 4) is 5.75 Å². The molecule has 0 aromatic heterocycles. The molecule has 0 fully saturated rings. The number of carbonyl (C=O) groups excluding carboxylic acids is 1. The van der Waals surface area contributed by atoms with Crippen molar-refractivity contribution in [1.29, 1.82) is 0 Å². The number of halogens is 3. The lowest BCUT2D eigenvalue weighted by molar-refractivity contribution is -0.137. The number of benzene rings is 2. The summed E-state index contributed by atoms with van der Waals surface area (Å²) in [5, 5.41) is 2.73. The summed E-state index contributed by atoms with van der Waals surface area (Å²) in [5.74, 6) is 0.140. The molecule has 1 atom stereocenters. The van der Waals surface area contributed by atoms with Crippen molar-refractivity contribution < 1.29 is 22.7 Å². The molecule has 0 heterocycles. The monoisotopic (exact) mass is 337 g/mol. The number of alkyl halides is 3. The van der Waals surface area contributed by atoms with Crippen LogP contribution >= 0.6 is 0 Å². The molecule has 1 amide bonds. The van der Waals surface area contributed by atoms with Crippen LogP contribution in [0.3, 0.4) is 0 Å². The predicted molar refractivity (Wildman–Crippen MR) is 84.7 cm³/mol. The topological polar surface area (TPSA) is 38.3 Å². The van der Waals surface area contributed by atoms with Gasteiger partial charge in [-0.3, -0.25) is 4.79 Å². The first-order valence-corrected chi connectivity index (χ1v) is 7.39. The number of hydrogen-bond donors (Lipinski definition) is 1. The largest absolute Gasteiger partial charge is 0.497 e. The number of nitrogens with one attached hydrogen (secondary N) is 1. The normalized spacial score (nSPS) is 12.5. The first-order chi connectivity index (χ1) is 11.3. The van der Waals surface area contributed by atoms with E-state index >= 15 is 0 Å². The Hall–Kier alpha value is -2.50. The van der Waals surface area contributed by atoms with E-state index in [1.165, 1.54) is 12.1 Å². The Bertz CT molecular complexity index is 679. The van der Waals surface area contributed by atoms with Gasteiger partial charge in [0.2, 0.25) is 5.91 Å². The SMILES string of the molecule is COc1ccc(C(C)C(=O)NCc2ccc(C(F)(F)F)cc2)cc1. The summed E-state index contributed by atoms with van der Waals surface area (Å²) in [6.07, 6.45) is -4.36. The fourth-order valence-electron chi connectivity index (χ4n) is 2.20. The summed E-state index contributed by atoms with van der Waals surface area (Å²) in [6, 6.07) is 11.9. The van der Waals surface area contributed by atoms with Gasteiger partial charge >= 0.3 is 6.18 Å². The molecule has 0 spiro atoms. The smallest absolute Gasteiger partial charge is 0.416 e. The van der Waals surface area contributed by atoms with Crippen LogP contribution in [-0.4, -0.2) is 13.0 Å². The molecule has 0 bridgehead atoms. The molecule has 6 heteroatoms. The third-order valence-corrected chi connectivity index (χ3v) is 3.76. The number of hydrogen-bond acceptors (Lipinski definition) is 2. The highest BCUT2D eigenvalue weighted by molar-refractivity contribution is 5.83. The van der Waals surface area contributed by atoms with Gasteiger partial charge in [0.05, 0.1) is 18.6 Å². The van der Waals surface area contributed by atoms with E-state index in [1.807, 2.05) is 0 Å². The van der Waals surface area contributed by atoms with Crippen LogP contribution in [0, 0.1) is 0 Å². The average Bonchev–Trinajstić information content (AvgIpc) is 2.58. The molecule has 2 aromatic rings. The highest BCUT2D eigenvalue weighted by Crippen LogP contribution is 2.29. The number of amides is 1. The maximum atomic E-state index is 12.5. The first-order valence-electron chi connectivity index (χ1n) is 7.39. The van der Waals surface area contributed by atoms with Gasteiger partial charge in [0.25, 0.3) is 0 Å². The van der Waals surface area contributed by atoms with Crippen LogP contribution in [0.1, 0.15) is 29.5 Å². The van der Waals surface area contributed by atoms with Crippen LogP contribution in [0.5, 0.6) is 5.75 Å². The maximum Gasteiger partial charge on any atom is 0.416 e. The molecule has 1 N–H and O–H groups in total. The summed E-state index contributed by atoms with van der Waals surface area (Å²) in [4.78, 5) is 12.2. The second-order valence-corrected chi connectivity index (χ2v) is 5.41. The van der Waals surface area contributed by atoms with Crippen molar-refractivity contribution in [1.82, 2.24) is 5.32 Å². The fraction of sp³-hybridized carbons (Fsp3) is 0.278. The van der Waals surface area contributed by atoms with Crippen molar-refractivity contribution in [2.24, 2.45) is 0 Å². The quantitative estimate of drug-likeness (QED) is 0.891. The summed E-state index contributed by atoms with van der Waals surface area (Å²) in [5.41, 5.74) is 0.739. The molecule has 3 nitrogen and oxygen atoms in total. The standard InChI is InChI=1S/C18H18F3NO2/c1-12(14-5-9-16(24-2)10-6-14)17(23)22-11-13-3-7-15(8-4-13)18(19,20)21/h3-10,12H,11H2,1-2H3,(H,22,23). The molecule has 0 aliphatic heterocycles. The van der Waals surface area contributed by atoms with Crippen molar-refractivity contribution in [3.63, 3.8) is 0 Å². The zero-order valence-electron chi connectivity index (χ0n) is 13.4. The number of carbonyl (C=O) groups is 1. The van der Waals surface area contributed by atoms with Crippen molar-refractivity contribution >= 4 is 5.91 Å². The summed E-state index contributed by atoms with van der Waals surface area (Å²) >= 11 is 0. The van der Waals surface area contributed by atoms with E-state index < -0.39 is 11.7 Å². The van der Waals surface area contributed by atoms with Crippen LogP contribution in [0.15, 0.2) is 48.5 Å². The predicted octanol–water partition coefficient (Wildman–Crippen LogP) is 4.13. The zero-order valence-corrected chi connectivity index (χ0v) is 13.4. The average molecular weight is 337 g/mol. The minimum absolute atomic E-state index is 0.178. The number of ether oxygens (including phenoxy) is 1. The van der Waals surface area contributed by atoms with Crippen LogP contribution in [-0.2, 0) is 17.5 Å². The fourth-order valence-corrected chi connectivity index (χ4v) is 2.20. The second kappa shape index (κ2) is 7.38. The van der Waals surface area contributed by atoms with Gasteiger partial charge in [-0.05, 0) is 42.3 Å². The Labute approximate surface area is 138 Å². The molecule has 1 unspecified atom stereocenters. The van der Waals surface area contributed by atoms with Gasteiger partial charge in [-0.15, -0.1) is 0 Å². The molecular weight excluding hydrogens is 319 g/mol. The van der Waals surface area contributed by atoms with Gasteiger partial charge in [-0.1, -0.05) is 24.3 Å². The second-order valence-electron chi connectivity index (χ2n) is 5.41. The minimum Gasteiger partial charge on any atom is -0.497 e. The zero-order chi connectivity index (χ0) is 17.7. The van der Waals surface area contributed by atoms with Gasteiger partial charge in [0.15, 0.2) is 0 Å². The lowest BCUT2D eigenvalue weighted by atomic mass is 10.00. The molecule has 2 aromatic carbocycles. The van der Waals surface area contributed by atoms with Gasteiger partial charge in [-0.25, -0.2) is 0 Å². The van der Waals surface area contributed by atoms with E-state index in [0.717, 1.165) is 17.7 Å². The minimum atomic E-state index is -4.36. The Kier molecular flexibility index (Phi) is 5.49. The molecule has 0 saturated carbocycles. The van der Waals surface area contributed by atoms with Gasteiger partial charge < -0.3 is 10.1 Å². The summed E-state index contributed by atoms with van der Waals surface area (Å²) in [7, 11) is 1.56.